The molecule has 0 radical (unpaired) electrons. The monoisotopic (exact) mass is 679 g/mol. The molecule has 2 unspecified atom stereocenters. The Hall–Kier alpha value is -4.46. The number of hydrogen-bond donors (Lipinski definition) is 2. The lowest BCUT2D eigenvalue weighted by atomic mass is 10.1. The zero-order valence-electron chi connectivity index (χ0n) is 26.9. The molecule has 4 amide bonds. The molecule has 1 aromatic heterocycles. The first-order valence-electron chi connectivity index (χ1n) is 16.5. The number of cyclic esters (lactones) is 1. The van der Waals surface area contributed by atoms with Gasteiger partial charge in [-0.1, -0.05) is 43.7 Å². The number of nitrogens with zero attached hydrogens (tertiary/aromatic N) is 3. The van der Waals surface area contributed by atoms with Crippen molar-refractivity contribution >= 4 is 50.7 Å². The largest absolute Gasteiger partial charge is 0.472 e. The van der Waals surface area contributed by atoms with E-state index in [1.54, 1.807) is 12.3 Å². The van der Waals surface area contributed by atoms with E-state index in [0.29, 0.717) is 38.0 Å². The van der Waals surface area contributed by atoms with Crippen LogP contribution in [-0.4, -0.2) is 96.2 Å². The Balaban J connectivity index is 1.34. The lowest BCUT2D eigenvalue weighted by Crippen LogP contribution is -2.59. The van der Waals surface area contributed by atoms with Gasteiger partial charge in [-0.15, -0.1) is 6.58 Å². The number of carbonyl (C=O) groups excluding carboxylic acids is 4. The van der Waals surface area contributed by atoms with Crippen LogP contribution in [0.5, 0.6) is 5.88 Å². The molecular formula is C34H41N5O8S. The van der Waals surface area contributed by atoms with Gasteiger partial charge in [-0.2, -0.15) is 0 Å². The zero-order valence-corrected chi connectivity index (χ0v) is 27.7. The molecule has 4 bridgehead atoms. The Morgan fingerprint density at radius 1 is 1.25 bits per heavy atom. The van der Waals surface area contributed by atoms with Crippen LogP contribution in [0.4, 0.5) is 4.79 Å². The minimum Gasteiger partial charge on any atom is -0.472 e. The number of ether oxygens (including phenoxy) is 2. The number of nitrogens with one attached hydrogen (secondary N) is 2. The second-order valence-electron chi connectivity index (χ2n) is 12.8. The molecule has 4 aliphatic rings. The highest BCUT2D eigenvalue weighted by Gasteiger charge is 2.65. The zero-order chi connectivity index (χ0) is 34.1. The second-order valence-corrected chi connectivity index (χ2v) is 14.8. The van der Waals surface area contributed by atoms with Crippen molar-refractivity contribution in [3.8, 4) is 5.88 Å². The minimum absolute atomic E-state index is 0.0192. The number of sulfonamides is 1. The van der Waals surface area contributed by atoms with E-state index >= 15 is 0 Å². The molecule has 4 atom stereocenters. The summed E-state index contributed by atoms with van der Waals surface area (Å²) in [5, 5.41) is 3.51. The van der Waals surface area contributed by atoms with Gasteiger partial charge in [0.1, 0.15) is 24.2 Å². The van der Waals surface area contributed by atoms with Crippen LogP contribution < -0.4 is 14.8 Å². The van der Waals surface area contributed by atoms with Crippen LogP contribution in [0, 0.1) is 5.92 Å². The number of carbonyl (C=O) groups is 4. The molecule has 1 saturated heterocycles. The summed E-state index contributed by atoms with van der Waals surface area (Å²) in [6.45, 7) is 5.67. The number of rotatable bonds is 9. The average Bonchev–Trinajstić information content (AvgIpc) is 4.00. The molecule has 2 aromatic rings. The highest BCUT2D eigenvalue weighted by molar-refractivity contribution is 7.91. The summed E-state index contributed by atoms with van der Waals surface area (Å²) in [7, 11) is -3.89. The molecule has 0 spiro atoms. The van der Waals surface area contributed by atoms with E-state index in [-0.39, 0.29) is 32.5 Å². The Bertz CT molecular complexity index is 1760. The summed E-state index contributed by atoms with van der Waals surface area (Å²) in [6.07, 6.45) is 8.54. The van der Waals surface area contributed by atoms with Crippen molar-refractivity contribution < 1.29 is 37.1 Å². The van der Waals surface area contributed by atoms with Crippen LogP contribution in [0.25, 0.3) is 16.8 Å². The predicted molar refractivity (Wildman–Crippen MR) is 177 cm³/mol. The van der Waals surface area contributed by atoms with Crippen LogP contribution in [0.3, 0.4) is 0 Å². The summed E-state index contributed by atoms with van der Waals surface area (Å²) in [4.78, 5) is 61.8. The summed E-state index contributed by atoms with van der Waals surface area (Å²) in [5.41, 5.74) is -0.564. The molecule has 6 rings (SSSR count). The van der Waals surface area contributed by atoms with Crippen molar-refractivity contribution in [1.82, 2.24) is 24.8 Å². The molecule has 1 aromatic carbocycles. The van der Waals surface area contributed by atoms with Crippen molar-refractivity contribution in [2.24, 2.45) is 5.92 Å². The summed E-state index contributed by atoms with van der Waals surface area (Å²) >= 11 is 0. The van der Waals surface area contributed by atoms with Gasteiger partial charge >= 0.3 is 6.09 Å². The van der Waals surface area contributed by atoms with Gasteiger partial charge in [-0.3, -0.25) is 19.1 Å². The van der Waals surface area contributed by atoms with Gasteiger partial charge in [0.05, 0.1) is 18.4 Å². The third-order valence-corrected chi connectivity index (χ3v) is 11.3. The van der Waals surface area contributed by atoms with Crippen molar-refractivity contribution in [1.29, 1.82) is 0 Å². The van der Waals surface area contributed by atoms with E-state index in [1.165, 1.54) is 9.80 Å². The molecule has 2 aliphatic carbocycles. The predicted octanol–water partition coefficient (Wildman–Crippen LogP) is 2.91. The van der Waals surface area contributed by atoms with Crippen LogP contribution in [0.15, 0.2) is 49.2 Å². The Kier molecular flexibility index (Phi) is 9.46. The lowest BCUT2D eigenvalue weighted by molar-refractivity contribution is -0.149. The van der Waals surface area contributed by atoms with Gasteiger partial charge in [0.2, 0.25) is 27.7 Å². The van der Waals surface area contributed by atoms with Crippen molar-refractivity contribution in [3.63, 3.8) is 0 Å². The van der Waals surface area contributed by atoms with Gasteiger partial charge in [-0.25, -0.2) is 18.2 Å². The third kappa shape index (κ3) is 6.75. The van der Waals surface area contributed by atoms with Crippen molar-refractivity contribution in [2.75, 3.05) is 26.2 Å². The summed E-state index contributed by atoms with van der Waals surface area (Å²) in [5.74, 6) is -1.91. The Labute approximate surface area is 279 Å². The average molecular weight is 680 g/mol. The van der Waals surface area contributed by atoms with Gasteiger partial charge in [0.15, 0.2) is 0 Å². The maximum absolute atomic E-state index is 14.7. The quantitative estimate of drug-likeness (QED) is 0.379. The van der Waals surface area contributed by atoms with Crippen LogP contribution in [0.1, 0.15) is 57.4 Å². The molecule has 256 valence electrons. The fraction of sp³-hybridized carbons (Fsp3) is 0.500. The first-order valence-corrected chi connectivity index (χ1v) is 18.0. The Morgan fingerprint density at radius 3 is 2.79 bits per heavy atom. The fourth-order valence-electron chi connectivity index (χ4n) is 6.58. The first-order chi connectivity index (χ1) is 23.1. The van der Waals surface area contributed by atoms with E-state index in [4.69, 9.17) is 9.47 Å². The number of alkyl carbamates (subject to hydrolysis) is 1. The maximum Gasteiger partial charge on any atom is 0.407 e. The van der Waals surface area contributed by atoms with Gasteiger partial charge in [-0.05, 0) is 55.2 Å². The number of benzene rings is 1. The van der Waals surface area contributed by atoms with Crippen molar-refractivity contribution in [2.45, 2.75) is 74.8 Å². The topological polar surface area (TPSA) is 164 Å². The molecule has 13 nitrogen and oxygen atoms in total. The third-order valence-electron chi connectivity index (χ3n) is 9.46. The molecule has 2 N–H and O–H groups in total. The molecule has 48 heavy (non-hydrogen) atoms. The maximum atomic E-state index is 14.7. The molecule has 2 saturated carbocycles. The van der Waals surface area contributed by atoms with Crippen LogP contribution in [0.2, 0.25) is 0 Å². The second kappa shape index (κ2) is 13.6. The highest BCUT2D eigenvalue weighted by atomic mass is 32.2. The van der Waals surface area contributed by atoms with Crippen molar-refractivity contribution in [3.05, 3.63) is 54.8 Å². The van der Waals surface area contributed by atoms with Crippen LogP contribution in [-0.2, 0) is 29.1 Å². The highest BCUT2D eigenvalue weighted by Crippen LogP contribution is 2.51. The van der Waals surface area contributed by atoms with Gasteiger partial charge in [0, 0.05) is 30.5 Å². The number of unbranched alkanes of at least 4 members (excludes halogenated alkanes) is 1. The minimum atomic E-state index is -3.89. The smallest absolute Gasteiger partial charge is 0.407 e. The molecule has 2 aliphatic heterocycles. The number of aromatic nitrogens is 1. The number of hydrogen-bond acceptors (Lipinski definition) is 9. The normalized spacial score (nSPS) is 26.5. The van der Waals surface area contributed by atoms with E-state index in [0.717, 1.165) is 16.3 Å². The van der Waals surface area contributed by atoms with E-state index in [1.807, 2.05) is 43.3 Å². The summed E-state index contributed by atoms with van der Waals surface area (Å²) in [6, 6.07) is 6.65. The van der Waals surface area contributed by atoms with E-state index < -0.39 is 69.2 Å². The molecule has 14 heteroatoms. The first kappa shape index (κ1) is 33.4. The van der Waals surface area contributed by atoms with Gasteiger partial charge < -0.3 is 24.6 Å². The SMILES string of the molecule is C=C[C@@H]1C[C@@]1(C(=O)NS(=O)(=O)C1CC1)N(CCCC)C(=O)C1CC2CN1C(=O)CNC(=O)OCC/C=C/c1ccc3ccnc(c3c1)O2. The summed E-state index contributed by atoms with van der Waals surface area (Å²) < 4.78 is 39.5. The number of pyridine rings is 1. The molecule has 3 fully saturated rings. The Morgan fingerprint density at radius 2 is 2.06 bits per heavy atom. The molecule has 3 heterocycles. The standard InChI is InChI=1S/C34H41N5O8S/c1-3-5-15-39(34(19-24(34)4-2)32(42)37-48(44,45)26-11-12-26)31(41)28-18-25-21-38(28)29(40)20-36-33(43)46-16-7-6-8-22-9-10-23-13-14-35-30(47-25)27(23)17-22/h4,6,8-10,13-14,17,24-26,28H,2-3,5,7,11-12,15-16,18-21H2,1H3,(H,36,43)(H,37,42)/b8-6+/t24-,25?,28?,34-/m1/s1. The van der Waals surface area contributed by atoms with Gasteiger partial charge in [0.25, 0.3) is 5.91 Å². The van der Waals surface area contributed by atoms with E-state index in [2.05, 4.69) is 21.6 Å². The fourth-order valence-corrected chi connectivity index (χ4v) is 7.94. The number of fused-ring (bicyclic) bond motifs is 3. The van der Waals surface area contributed by atoms with E-state index in [9.17, 15) is 27.6 Å². The number of amides is 4. The lowest BCUT2D eigenvalue weighted by Gasteiger charge is -2.36. The molecular weight excluding hydrogens is 638 g/mol. The van der Waals surface area contributed by atoms with Crippen LogP contribution >= 0.6 is 0 Å².